The molecule has 3 rings (SSSR count). The number of likely N-dealkylation sites (N-methyl/N-ethyl adjacent to an activating group) is 1. The summed E-state index contributed by atoms with van der Waals surface area (Å²) in [7, 11) is 0. The summed E-state index contributed by atoms with van der Waals surface area (Å²) in [5.74, 6) is 1.66. The molecule has 0 aliphatic carbocycles. The molecule has 1 aromatic carbocycles. The molecule has 0 bridgehead atoms. The van der Waals surface area contributed by atoms with E-state index in [1.165, 1.54) is 19.4 Å². The summed E-state index contributed by atoms with van der Waals surface area (Å²) in [6.07, 6.45) is 4.27. The molecule has 27 heavy (non-hydrogen) atoms. The van der Waals surface area contributed by atoms with Gasteiger partial charge in [0, 0.05) is 24.8 Å². The lowest BCUT2D eigenvalue weighted by atomic mass is 10.2. The van der Waals surface area contributed by atoms with E-state index in [1.54, 1.807) is 6.33 Å². The van der Waals surface area contributed by atoms with Crippen molar-refractivity contribution in [1.29, 1.82) is 0 Å². The SMILES string of the molecule is CCNC(=NCc1nncn1-c1ccccc1)NCC1CCCN1CC.I. The molecular formula is C19H30IN7. The lowest BCUT2D eigenvalue weighted by molar-refractivity contribution is 0.267. The van der Waals surface area contributed by atoms with E-state index in [9.17, 15) is 0 Å². The van der Waals surface area contributed by atoms with E-state index in [1.807, 2.05) is 34.9 Å². The Hall–Kier alpha value is -1.68. The molecule has 1 unspecified atom stereocenters. The maximum Gasteiger partial charge on any atom is 0.191 e. The zero-order valence-electron chi connectivity index (χ0n) is 16.1. The molecule has 1 aliphatic heterocycles. The first-order valence-corrected chi connectivity index (χ1v) is 9.52. The Labute approximate surface area is 178 Å². The van der Waals surface area contributed by atoms with Gasteiger partial charge in [0.15, 0.2) is 11.8 Å². The van der Waals surface area contributed by atoms with E-state index < -0.39 is 0 Å². The maximum atomic E-state index is 4.71. The van der Waals surface area contributed by atoms with Crippen LogP contribution < -0.4 is 10.6 Å². The lowest BCUT2D eigenvalue weighted by Gasteiger charge is -2.23. The minimum Gasteiger partial charge on any atom is -0.357 e. The van der Waals surface area contributed by atoms with Crippen molar-refractivity contribution in [1.82, 2.24) is 30.3 Å². The minimum atomic E-state index is 0. The van der Waals surface area contributed by atoms with E-state index in [0.29, 0.717) is 12.6 Å². The number of benzene rings is 1. The van der Waals surface area contributed by atoms with E-state index >= 15 is 0 Å². The maximum absolute atomic E-state index is 4.71. The van der Waals surface area contributed by atoms with Gasteiger partial charge in [-0.1, -0.05) is 25.1 Å². The molecule has 1 aliphatic rings. The van der Waals surface area contributed by atoms with Crippen LogP contribution >= 0.6 is 24.0 Å². The third-order valence-electron chi connectivity index (χ3n) is 4.79. The van der Waals surface area contributed by atoms with Crippen LogP contribution in [0, 0.1) is 0 Å². The lowest BCUT2D eigenvalue weighted by Crippen LogP contribution is -2.44. The summed E-state index contributed by atoms with van der Waals surface area (Å²) in [5.41, 5.74) is 1.05. The molecule has 8 heteroatoms. The van der Waals surface area contributed by atoms with Gasteiger partial charge in [-0.3, -0.25) is 9.47 Å². The van der Waals surface area contributed by atoms with Crippen LogP contribution in [0.25, 0.3) is 5.69 Å². The Bertz CT molecular complexity index is 701. The van der Waals surface area contributed by atoms with Crippen LogP contribution in [-0.2, 0) is 6.54 Å². The van der Waals surface area contributed by atoms with Crippen molar-refractivity contribution in [2.75, 3.05) is 26.2 Å². The summed E-state index contributed by atoms with van der Waals surface area (Å²) >= 11 is 0. The minimum absolute atomic E-state index is 0. The molecule has 2 N–H and O–H groups in total. The van der Waals surface area contributed by atoms with Crippen LogP contribution in [0.1, 0.15) is 32.5 Å². The van der Waals surface area contributed by atoms with Gasteiger partial charge in [0.1, 0.15) is 12.9 Å². The van der Waals surface area contributed by atoms with Gasteiger partial charge in [0.05, 0.1) is 0 Å². The molecule has 0 radical (unpaired) electrons. The van der Waals surface area contributed by atoms with E-state index in [2.05, 4.69) is 39.6 Å². The van der Waals surface area contributed by atoms with Crippen LogP contribution in [0.15, 0.2) is 41.7 Å². The first-order chi connectivity index (χ1) is 12.8. The van der Waals surface area contributed by atoms with Crippen LogP contribution in [0.5, 0.6) is 0 Å². The molecular weight excluding hydrogens is 453 g/mol. The van der Waals surface area contributed by atoms with Crippen molar-refractivity contribution in [3.8, 4) is 5.69 Å². The third kappa shape index (κ3) is 5.90. The number of hydrogen-bond acceptors (Lipinski definition) is 4. The Morgan fingerprint density at radius 3 is 2.78 bits per heavy atom. The van der Waals surface area contributed by atoms with Crippen molar-refractivity contribution in [2.45, 2.75) is 39.3 Å². The fourth-order valence-corrected chi connectivity index (χ4v) is 3.42. The molecule has 1 atom stereocenters. The average molecular weight is 483 g/mol. The van der Waals surface area contributed by atoms with Crippen LogP contribution in [0.4, 0.5) is 0 Å². The normalized spacial score (nSPS) is 17.6. The molecule has 0 spiro atoms. The number of guanidine groups is 1. The fourth-order valence-electron chi connectivity index (χ4n) is 3.42. The Kier molecular flexibility index (Phi) is 8.99. The quantitative estimate of drug-likeness (QED) is 0.360. The van der Waals surface area contributed by atoms with E-state index in [4.69, 9.17) is 4.99 Å². The molecule has 2 heterocycles. The Balaban J connectivity index is 0.00000261. The Morgan fingerprint density at radius 1 is 1.22 bits per heavy atom. The zero-order chi connectivity index (χ0) is 18.2. The van der Waals surface area contributed by atoms with Gasteiger partial charge >= 0.3 is 0 Å². The number of rotatable bonds is 7. The fraction of sp³-hybridized carbons (Fsp3) is 0.526. The van der Waals surface area contributed by atoms with E-state index in [0.717, 1.165) is 37.1 Å². The standard InChI is InChI=1S/C19H29N7.HI/c1-3-20-19(21-13-17-11-8-12-25(17)4-2)22-14-18-24-23-15-26(18)16-9-6-5-7-10-16;/h5-7,9-10,15,17H,3-4,8,11-14H2,1-2H3,(H2,20,21,22);1H. The van der Waals surface area contributed by atoms with Gasteiger partial charge in [-0.25, -0.2) is 4.99 Å². The van der Waals surface area contributed by atoms with Gasteiger partial charge in [0.2, 0.25) is 0 Å². The van der Waals surface area contributed by atoms with Crippen molar-refractivity contribution < 1.29 is 0 Å². The second-order valence-corrected chi connectivity index (χ2v) is 6.45. The first kappa shape index (κ1) is 21.6. The predicted octanol–water partition coefficient (Wildman–Crippen LogP) is 2.42. The van der Waals surface area contributed by atoms with Gasteiger partial charge in [-0.15, -0.1) is 34.2 Å². The highest BCUT2D eigenvalue weighted by molar-refractivity contribution is 14.0. The number of nitrogens with one attached hydrogen (secondary N) is 2. The molecule has 0 saturated carbocycles. The highest BCUT2D eigenvalue weighted by atomic mass is 127. The molecule has 1 aromatic heterocycles. The highest BCUT2D eigenvalue weighted by Gasteiger charge is 2.22. The van der Waals surface area contributed by atoms with Gasteiger partial charge < -0.3 is 10.6 Å². The summed E-state index contributed by atoms with van der Waals surface area (Å²) in [5, 5.41) is 15.1. The van der Waals surface area contributed by atoms with Crippen LogP contribution in [-0.4, -0.2) is 57.8 Å². The van der Waals surface area contributed by atoms with Gasteiger partial charge in [-0.05, 0) is 45.0 Å². The topological polar surface area (TPSA) is 70.4 Å². The van der Waals surface area contributed by atoms with Crippen LogP contribution in [0.2, 0.25) is 0 Å². The molecule has 0 amide bonds. The van der Waals surface area contributed by atoms with Crippen molar-refractivity contribution >= 4 is 29.9 Å². The number of likely N-dealkylation sites (tertiary alicyclic amines) is 1. The number of aromatic nitrogens is 3. The number of para-hydroxylation sites is 1. The average Bonchev–Trinajstić information content (AvgIpc) is 3.33. The third-order valence-corrected chi connectivity index (χ3v) is 4.79. The number of aliphatic imine (C=N–C) groups is 1. The highest BCUT2D eigenvalue weighted by Crippen LogP contribution is 2.15. The monoisotopic (exact) mass is 483 g/mol. The second-order valence-electron chi connectivity index (χ2n) is 6.45. The number of nitrogens with zero attached hydrogens (tertiary/aromatic N) is 5. The zero-order valence-corrected chi connectivity index (χ0v) is 18.5. The smallest absolute Gasteiger partial charge is 0.191 e. The molecule has 1 saturated heterocycles. The second kappa shape index (κ2) is 11.2. The first-order valence-electron chi connectivity index (χ1n) is 9.52. The van der Waals surface area contributed by atoms with Gasteiger partial charge in [0.25, 0.3) is 0 Å². The summed E-state index contributed by atoms with van der Waals surface area (Å²) < 4.78 is 1.98. The summed E-state index contributed by atoms with van der Waals surface area (Å²) in [6.45, 7) is 8.86. The molecule has 7 nitrogen and oxygen atoms in total. The predicted molar refractivity (Wildman–Crippen MR) is 120 cm³/mol. The van der Waals surface area contributed by atoms with E-state index in [-0.39, 0.29) is 24.0 Å². The summed E-state index contributed by atoms with van der Waals surface area (Å²) in [6, 6.07) is 10.7. The Morgan fingerprint density at radius 2 is 2.04 bits per heavy atom. The van der Waals surface area contributed by atoms with Crippen LogP contribution in [0.3, 0.4) is 0 Å². The van der Waals surface area contributed by atoms with Gasteiger partial charge in [-0.2, -0.15) is 0 Å². The largest absolute Gasteiger partial charge is 0.357 e. The van der Waals surface area contributed by atoms with Crippen molar-refractivity contribution in [3.05, 3.63) is 42.5 Å². The number of hydrogen-bond donors (Lipinski definition) is 2. The number of halogens is 1. The molecule has 2 aromatic rings. The van der Waals surface area contributed by atoms with Crippen molar-refractivity contribution in [3.63, 3.8) is 0 Å². The molecule has 148 valence electrons. The van der Waals surface area contributed by atoms with Crippen molar-refractivity contribution in [2.24, 2.45) is 4.99 Å². The molecule has 1 fully saturated rings. The summed E-state index contributed by atoms with van der Waals surface area (Å²) in [4.78, 5) is 7.24.